The molecule has 2 aromatic heterocycles. The van der Waals surface area contributed by atoms with Crippen LogP contribution in [-0.4, -0.2) is 52.8 Å². The first-order chi connectivity index (χ1) is 10.8. The van der Waals surface area contributed by atoms with E-state index in [1.807, 2.05) is 12.3 Å². The molecule has 0 aromatic carbocycles. The van der Waals surface area contributed by atoms with Gasteiger partial charge in [0.2, 0.25) is 0 Å². The monoisotopic (exact) mass is 300 g/mol. The Labute approximate surface area is 131 Å². The number of nitrogens with zero attached hydrogens (tertiary/aromatic N) is 4. The van der Waals surface area contributed by atoms with Gasteiger partial charge in [-0.05, 0) is 45.0 Å². The molecule has 0 radical (unpaired) electrons. The van der Waals surface area contributed by atoms with Gasteiger partial charge in [-0.2, -0.15) is 0 Å². The summed E-state index contributed by atoms with van der Waals surface area (Å²) in [7, 11) is 2.19. The molecule has 0 aliphatic carbocycles. The van der Waals surface area contributed by atoms with Gasteiger partial charge in [0, 0.05) is 37.7 Å². The van der Waals surface area contributed by atoms with Gasteiger partial charge in [-0.1, -0.05) is 0 Å². The van der Waals surface area contributed by atoms with Crippen molar-refractivity contribution in [2.24, 2.45) is 5.92 Å². The highest BCUT2D eigenvalue weighted by Gasteiger charge is 2.28. The van der Waals surface area contributed by atoms with E-state index in [9.17, 15) is 0 Å². The van der Waals surface area contributed by atoms with Gasteiger partial charge >= 0.3 is 0 Å². The number of pyridine rings is 1. The van der Waals surface area contributed by atoms with E-state index in [0.717, 1.165) is 44.0 Å². The van der Waals surface area contributed by atoms with Crippen LogP contribution in [0.25, 0.3) is 11.2 Å². The molecule has 0 spiro atoms. The molecule has 4 rings (SSSR count). The second-order valence-electron chi connectivity index (χ2n) is 6.76. The fourth-order valence-corrected chi connectivity index (χ4v) is 3.82. The molecule has 118 valence electrons. The third-order valence-electron chi connectivity index (χ3n) is 4.99. The SMILES string of the molecule is CN1CCC(c2nc3cccnc3n2CC2CCCOC2)C1. The zero-order valence-corrected chi connectivity index (χ0v) is 13.2. The first kappa shape index (κ1) is 14.2. The van der Waals surface area contributed by atoms with Crippen molar-refractivity contribution in [3.05, 3.63) is 24.2 Å². The van der Waals surface area contributed by atoms with Gasteiger partial charge in [-0.15, -0.1) is 0 Å². The van der Waals surface area contributed by atoms with Crippen LogP contribution in [-0.2, 0) is 11.3 Å². The Morgan fingerprint density at radius 3 is 3.09 bits per heavy atom. The van der Waals surface area contributed by atoms with Crippen molar-refractivity contribution in [1.29, 1.82) is 0 Å². The zero-order chi connectivity index (χ0) is 14.9. The van der Waals surface area contributed by atoms with Gasteiger partial charge < -0.3 is 14.2 Å². The van der Waals surface area contributed by atoms with Crippen LogP contribution in [0.2, 0.25) is 0 Å². The van der Waals surface area contributed by atoms with Crippen LogP contribution in [0.15, 0.2) is 18.3 Å². The molecule has 0 amide bonds. The van der Waals surface area contributed by atoms with Crippen LogP contribution < -0.4 is 0 Å². The normalized spacial score (nSPS) is 26.8. The molecule has 2 atom stereocenters. The Kier molecular flexibility index (Phi) is 3.84. The summed E-state index contributed by atoms with van der Waals surface area (Å²) in [5, 5.41) is 0. The molecule has 22 heavy (non-hydrogen) atoms. The minimum absolute atomic E-state index is 0.531. The smallest absolute Gasteiger partial charge is 0.160 e. The van der Waals surface area contributed by atoms with Crippen LogP contribution in [0.3, 0.4) is 0 Å². The molecule has 2 aliphatic heterocycles. The van der Waals surface area contributed by atoms with E-state index in [-0.39, 0.29) is 0 Å². The van der Waals surface area contributed by atoms with E-state index in [4.69, 9.17) is 9.72 Å². The molecule has 2 aliphatic rings. The van der Waals surface area contributed by atoms with Crippen molar-refractivity contribution in [3.63, 3.8) is 0 Å². The Hall–Kier alpha value is -1.46. The number of ether oxygens (including phenoxy) is 1. The molecule has 2 unspecified atom stereocenters. The molecule has 0 bridgehead atoms. The first-order valence-corrected chi connectivity index (χ1v) is 8.38. The zero-order valence-electron chi connectivity index (χ0n) is 13.2. The predicted molar refractivity (Wildman–Crippen MR) is 85.9 cm³/mol. The lowest BCUT2D eigenvalue weighted by Crippen LogP contribution is -2.24. The van der Waals surface area contributed by atoms with Gasteiger partial charge in [0.15, 0.2) is 5.65 Å². The summed E-state index contributed by atoms with van der Waals surface area (Å²) in [4.78, 5) is 11.9. The van der Waals surface area contributed by atoms with E-state index in [1.54, 1.807) is 0 Å². The number of likely N-dealkylation sites (N-methyl/N-ethyl adjacent to an activating group) is 1. The number of rotatable bonds is 3. The summed E-state index contributed by atoms with van der Waals surface area (Å²) in [5.74, 6) is 2.35. The summed E-state index contributed by atoms with van der Waals surface area (Å²) in [6.07, 6.45) is 5.49. The third kappa shape index (κ3) is 2.63. The highest BCUT2D eigenvalue weighted by molar-refractivity contribution is 5.71. The maximum Gasteiger partial charge on any atom is 0.160 e. The Balaban J connectivity index is 1.69. The summed E-state index contributed by atoms with van der Waals surface area (Å²) in [5.41, 5.74) is 2.07. The highest BCUT2D eigenvalue weighted by atomic mass is 16.5. The summed E-state index contributed by atoms with van der Waals surface area (Å²) >= 11 is 0. The molecule has 2 aromatic rings. The van der Waals surface area contributed by atoms with Crippen LogP contribution in [0.4, 0.5) is 0 Å². The summed E-state index contributed by atoms with van der Waals surface area (Å²) in [6, 6.07) is 4.06. The Morgan fingerprint density at radius 2 is 2.32 bits per heavy atom. The van der Waals surface area contributed by atoms with Crippen molar-refractivity contribution in [1.82, 2.24) is 19.4 Å². The van der Waals surface area contributed by atoms with E-state index in [1.165, 1.54) is 25.1 Å². The van der Waals surface area contributed by atoms with Crippen LogP contribution in [0.5, 0.6) is 0 Å². The number of hydrogen-bond acceptors (Lipinski definition) is 4. The number of fused-ring (bicyclic) bond motifs is 1. The molecule has 2 fully saturated rings. The Bertz CT molecular complexity index is 647. The van der Waals surface area contributed by atoms with Gasteiger partial charge in [-0.25, -0.2) is 9.97 Å². The second kappa shape index (κ2) is 5.97. The molecular formula is C17H24N4O. The Morgan fingerprint density at radius 1 is 1.36 bits per heavy atom. The van der Waals surface area contributed by atoms with Crippen LogP contribution in [0, 0.1) is 5.92 Å². The van der Waals surface area contributed by atoms with Gasteiger partial charge in [0.1, 0.15) is 11.3 Å². The topological polar surface area (TPSA) is 43.2 Å². The van der Waals surface area contributed by atoms with Gasteiger partial charge in [0.25, 0.3) is 0 Å². The van der Waals surface area contributed by atoms with Crippen molar-refractivity contribution in [3.8, 4) is 0 Å². The lowest BCUT2D eigenvalue weighted by Gasteiger charge is -2.24. The average Bonchev–Trinajstić information content (AvgIpc) is 3.13. The van der Waals surface area contributed by atoms with Gasteiger partial charge in [-0.3, -0.25) is 0 Å². The van der Waals surface area contributed by atoms with Crippen molar-refractivity contribution >= 4 is 11.2 Å². The fraction of sp³-hybridized carbons (Fsp3) is 0.647. The first-order valence-electron chi connectivity index (χ1n) is 8.38. The minimum Gasteiger partial charge on any atom is -0.381 e. The minimum atomic E-state index is 0.531. The lowest BCUT2D eigenvalue weighted by atomic mass is 10.0. The standard InChI is InChI=1S/C17H24N4O/c1-20-8-6-14(11-20)16-19-15-5-2-7-18-17(15)21(16)10-13-4-3-9-22-12-13/h2,5,7,13-14H,3-4,6,8-12H2,1H3. The number of hydrogen-bond donors (Lipinski definition) is 0. The largest absolute Gasteiger partial charge is 0.381 e. The van der Waals surface area contributed by atoms with Crippen LogP contribution in [0.1, 0.15) is 31.0 Å². The predicted octanol–water partition coefficient (Wildman–Crippen LogP) is 2.28. The van der Waals surface area contributed by atoms with E-state index in [0.29, 0.717) is 11.8 Å². The molecule has 5 nitrogen and oxygen atoms in total. The van der Waals surface area contributed by atoms with Gasteiger partial charge in [0.05, 0.1) is 6.61 Å². The number of likely N-dealkylation sites (tertiary alicyclic amines) is 1. The summed E-state index contributed by atoms with van der Waals surface area (Å²) < 4.78 is 8.04. The van der Waals surface area contributed by atoms with Crippen molar-refractivity contribution in [2.45, 2.75) is 31.7 Å². The van der Waals surface area contributed by atoms with Crippen molar-refractivity contribution < 1.29 is 4.74 Å². The summed E-state index contributed by atoms with van der Waals surface area (Å²) in [6.45, 7) is 5.04. The number of imidazole rings is 1. The maximum absolute atomic E-state index is 5.66. The molecule has 0 saturated carbocycles. The second-order valence-corrected chi connectivity index (χ2v) is 6.76. The molecule has 0 N–H and O–H groups in total. The highest BCUT2D eigenvalue weighted by Crippen LogP contribution is 2.29. The average molecular weight is 300 g/mol. The third-order valence-corrected chi connectivity index (χ3v) is 4.99. The lowest BCUT2D eigenvalue weighted by molar-refractivity contribution is 0.0483. The molecule has 2 saturated heterocycles. The van der Waals surface area contributed by atoms with E-state index < -0.39 is 0 Å². The van der Waals surface area contributed by atoms with E-state index in [2.05, 4.69) is 27.6 Å². The molecular weight excluding hydrogens is 276 g/mol. The fourth-order valence-electron chi connectivity index (χ4n) is 3.82. The molecule has 5 heteroatoms. The maximum atomic E-state index is 5.66. The van der Waals surface area contributed by atoms with Crippen LogP contribution >= 0.6 is 0 Å². The van der Waals surface area contributed by atoms with E-state index >= 15 is 0 Å². The quantitative estimate of drug-likeness (QED) is 0.872. The number of aromatic nitrogens is 3. The molecule has 4 heterocycles. The van der Waals surface area contributed by atoms with Crippen molar-refractivity contribution in [2.75, 3.05) is 33.4 Å².